The molecule has 2 unspecified atom stereocenters. The topological polar surface area (TPSA) is 26.0 Å². The van der Waals surface area contributed by atoms with Gasteiger partial charge in [-0.25, -0.2) is 0 Å². The smallest absolute Gasteiger partial charge is 0.0346 e. The van der Waals surface area contributed by atoms with Gasteiger partial charge < -0.3 is 5.50 Å². The summed E-state index contributed by atoms with van der Waals surface area (Å²) in [7, 11) is 1.61. The van der Waals surface area contributed by atoms with Crippen molar-refractivity contribution in [2.75, 3.05) is 6.66 Å². The third-order valence-corrected chi connectivity index (χ3v) is 1.30. The van der Waals surface area contributed by atoms with Crippen LogP contribution < -0.4 is 5.50 Å². The van der Waals surface area contributed by atoms with E-state index in [2.05, 4.69) is 6.66 Å². The summed E-state index contributed by atoms with van der Waals surface area (Å²) in [5.41, 5.74) is 5.07. The van der Waals surface area contributed by atoms with E-state index in [-0.39, 0.29) is 0 Å². The van der Waals surface area contributed by atoms with Gasteiger partial charge in [-0.1, -0.05) is 8.27 Å². The molecule has 0 bridgehead atoms. The number of nitrogens with two attached hydrogens (primary N) is 1. The Hall–Kier alpha value is 0.820. The molecular weight excluding hydrogens is 88.0 g/mol. The van der Waals surface area contributed by atoms with Gasteiger partial charge in [-0.15, -0.1) is 0 Å². The van der Waals surface area contributed by atoms with Crippen molar-refractivity contribution < 1.29 is 0 Å². The fourth-order valence-corrected chi connectivity index (χ4v) is 0. The van der Waals surface area contributed by atoms with Gasteiger partial charge in [0.25, 0.3) is 0 Å². The largest absolute Gasteiger partial charge is 0.309 e. The molecule has 0 aromatic carbocycles. The Labute approximate surface area is 29.9 Å². The molecule has 2 N–H and O–H groups in total. The van der Waals surface area contributed by atoms with Gasteiger partial charge in [0.1, 0.15) is 0 Å². The highest BCUT2D eigenvalue weighted by Gasteiger charge is 1.53. The lowest BCUT2D eigenvalue weighted by atomic mass is 12.0. The second-order valence-electron chi connectivity index (χ2n) is 0.394. The molecule has 2 atom stereocenters. The Morgan fingerprint density at radius 1 is 1.75 bits per heavy atom. The van der Waals surface area contributed by atoms with Crippen molar-refractivity contribution in [2.45, 2.75) is 0 Å². The first-order valence-electron chi connectivity index (χ1n) is 1.04. The highest BCUT2D eigenvalue weighted by molar-refractivity contribution is 8.10. The lowest BCUT2D eigenvalue weighted by molar-refractivity contribution is 2.04. The maximum Gasteiger partial charge on any atom is -0.0346 e. The van der Waals surface area contributed by atoms with E-state index in [1.165, 1.54) is 0 Å². The Kier molecular flexibility index (Phi) is 4.60. The summed E-state index contributed by atoms with van der Waals surface area (Å²) >= 11 is 0. The van der Waals surface area contributed by atoms with Crippen LogP contribution in [0.2, 0.25) is 0 Å². The van der Waals surface area contributed by atoms with E-state index >= 15 is 0 Å². The average molecular weight is 95.0 g/mol. The number of hydrogen-bond donors (Lipinski definition) is 1. The van der Waals surface area contributed by atoms with E-state index in [1.807, 2.05) is 0 Å². The summed E-state index contributed by atoms with van der Waals surface area (Å²) in [4.78, 5) is 0. The Balaban J connectivity index is 1.97. The van der Waals surface area contributed by atoms with Crippen LogP contribution in [0.1, 0.15) is 0 Å². The van der Waals surface area contributed by atoms with Gasteiger partial charge in [0.2, 0.25) is 0 Å². The predicted octanol–water partition coefficient (Wildman–Crippen LogP) is 0.762. The van der Waals surface area contributed by atoms with Gasteiger partial charge in [-0.05, 0) is 15.1 Å². The van der Waals surface area contributed by atoms with Crippen molar-refractivity contribution in [3.63, 3.8) is 0 Å². The van der Waals surface area contributed by atoms with Crippen LogP contribution in [0, 0.1) is 0 Å². The van der Waals surface area contributed by atoms with Gasteiger partial charge in [-0.3, -0.25) is 0 Å². The minimum absolute atomic E-state index is 0.668. The molecule has 0 saturated carbocycles. The molecule has 0 aliphatic heterocycles. The third kappa shape index (κ3) is 2.82. The van der Waals surface area contributed by atoms with Crippen LogP contribution in [0.4, 0.5) is 0 Å². The second kappa shape index (κ2) is 3.82. The summed E-state index contributed by atoms with van der Waals surface area (Å²) < 4.78 is 0. The molecule has 3 heteroatoms. The lowest BCUT2D eigenvalue weighted by Crippen LogP contribution is -1.56. The van der Waals surface area contributed by atoms with Gasteiger partial charge in [0, 0.05) is 0 Å². The van der Waals surface area contributed by atoms with Crippen molar-refractivity contribution >= 4 is 16.7 Å². The highest BCUT2D eigenvalue weighted by Crippen LogP contribution is 2.22. The van der Waals surface area contributed by atoms with E-state index < -0.39 is 0 Å². The molecule has 0 aliphatic carbocycles. The van der Waals surface area contributed by atoms with Gasteiger partial charge >= 0.3 is 0 Å². The summed E-state index contributed by atoms with van der Waals surface area (Å²) in [6, 6.07) is 0. The highest BCUT2D eigenvalue weighted by atomic mass is 32.0. The molecule has 0 radical (unpaired) electrons. The zero-order valence-electron chi connectivity index (χ0n) is 2.58. The van der Waals surface area contributed by atoms with Crippen LogP contribution in [0.3, 0.4) is 0 Å². The van der Waals surface area contributed by atoms with Crippen LogP contribution in [0.25, 0.3) is 0 Å². The molecule has 0 aromatic rings. The maximum absolute atomic E-state index is 5.07. The molecule has 0 fully saturated rings. The first kappa shape index (κ1) is 4.82. The molecule has 0 aliphatic rings. The summed E-state index contributed by atoms with van der Waals surface area (Å²) in [5.74, 6) is 0. The Morgan fingerprint density at radius 3 is 2.00 bits per heavy atom. The van der Waals surface area contributed by atoms with Gasteiger partial charge in [-0.2, -0.15) is 0 Å². The summed E-state index contributed by atoms with van der Waals surface area (Å²) in [6.07, 6.45) is 0. The van der Waals surface area contributed by atoms with E-state index in [4.69, 9.17) is 5.50 Å². The molecule has 1 nitrogen and oxygen atoms in total. The quantitative estimate of drug-likeness (QED) is 0.478. The third-order valence-electron chi connectivity index (χ3n) is 0.144. The lowest BCUT2D eigenvalue weighted by Gasteiger charge is -1.72. The van der Waals surface area contributed by atoms with E-state index in [9.17, 15) is 0 Å². The average Bonchev–Trinajstić information content (AvgIpc) is 1.37. The minimum atomic E-state index is 0.668. The SMILES string of the molecule is CPPN. The molecule has 0 amide bonds. The van der Waals surface area contributed by atoms with Crippen molar-refractivity contribution in [1.29, 1.82) is 0 Å². The second-order valence-corrected chi connectivity index (χ2v) is 3.55. The van der Waals surface area contributed by atoms with Crippen LogP contribution in [0.5, 0.6) is 0 Å². The molecule has 0 rings (SSSR count). The first-order chi connectivity index (χ1) is 1.91. The molecule has 0 heterocycles. The van der Waals surface area contributed by atoms with Crippen LogP contribution >= 0.6 is 16.7 Å². The fourth-order valence-electron chi connectivity index (χ4n) is 0. The normalized spacial score (nSPS) is 13.5. The summed E-state index contributed by atoms with van der Waals surface area (Å²) in [6.45, 7) is 2.10. The van der Waals surface area contributed by atoms with E-state index in [1.54, 1.807) is 0 Å². The number of hydrogen-bond acceptors (Lipinski definition) is 1. The zero-order chi connectivity index (χ0) is 3.41. The molecule has 0 saturated heterocycles. The first-order valence-corrected chi connectivity index (χ1v) is 4.62. The van der Waals surface area contributed by atoms with E-state index in [0.717, 1.165) is 8.27 Å². The zero-order valence-corrected chi connectivity index (χ0v) is 4.58. The van der Waals surface area contributed by atoms with Crippen molar-refractivity contribution in [3.05, 3.63) is 0 Å². The Bertz CT molecular complexity index is 8.00. The van der Waals surface area contributed by atoms with E-state index in [0.29, 0.717) is 8.42 Å². The molecule has 4 heavy (non-hydrogen) atoms. The summed E-state index contributed by atoms with van der Waals surface area (Å²) in [5, 5.41) is 0. The van der Waals surface area contributed by atoms with Crippen LogP contribution in [-0.4, -0.2) is 6.66 Å². The van der Waals surface area contributed by atoms with Gasteiger partial charge in [0.05, 0.1) is 0 Å². The molecule has 26 valence electrons. The standard InChI is InChI=1S/CH7NP2/c1-3-4-2/h3-4H,2H2,1H3. The van der Waals surface area contributed by atoms with Crippen molar-refractivity contribution in [3.8, 4) is 0 Å². The predicted molar refractivity (Wildman–Crippen MR) is 26.7 cm³/mol. The molecule has 0 aromatic heterocycles. The van der Waals surface area contributed by atoms with Crippen molar-refractivity contribution in [2.24, 2.45) is 5.50 Å². The molecular formula is CH7NP2. The van der Waals surface area contributed by atoms with Crippen molar-refractivity contribution in [1.82, 2.24) is 0 Å². The van der Waals surface area contributed by atoms with Gasteiger partial charge in [0.15, 0.2) is 0 Å². The minimum Gasteiger partial charge on any atom is -0.309 e. The van der Waals surface area contributed by atoms with Crippen LogP contribution in [-0.2, 0) is 0 Å². The maximum atomic E-state index is 5.07. The monoisotopic (exact) mass is 95.0 g/mol. The fraction of sp³-hybridized carbons (Fsp3) is 1.00. The van der Waals surface area contributed by atoms with Crippen LogP contribution in [0.15, 0.2) is 0 Å². The number of rotatable bonds is 1. The Morgan fingerprint density at radius 2 is 2.00 bits per heavy atom. The molecule has 0 spiro atoms.